The Morgan fingerprint density at radius 1 is 1.22 bits per heavy atom. The van der Waals surface area contributed by atoms with Crippen molar-refractivity contribution in [3.63, 3.8) is 0 Å². The Morgan fingerprint density at radius 2 is 2.00 bits per heavy atom. The van der Waals surface area contributed by atoms with Gasteiger partial charge in [-0.05, 0) is 68.7 Å². The summed E-state index contributed by atoms with van der Waals surface area (Å²) in [5, 5.41) is 0. The van der Waals surface area contributed by atoms with E-state index in [1.807, 2.05) is 0 Å². The van der Waals surface area contributed by atoms with Gasteiger partial charge in [0.05, 0.1) is 5.70 Å². The van der Waals surface area contributed by atoms with E-state index in [9.17, 15) is 0 Å². The van der Waals surface area contributed by atoms with Gasteiger partial charge in [0.25, 0.3) is 0 Å². The average Bonchev–Trinajstić information content (AvgIpc) is 3.00. The highest BCUT2D eigenvalue weighted by molar-refractivity contribution is 7.87. The van der Waals surface area contributed by atoms with Crippen LogP contribution in [0.3, 0.4) is 0 Å². The second-order valence-corrected chi connectivity index (χ2v) is 8.54. The number of rotatable bonds is 6. The van der Waals surface area contributed by atoms with Crippen molar-refractivity contribution >= 4 is 16.4 Å². The highest BCUT2D eigenvalue weighted by Crippen LogP contribution is 2.33. The zero-order valence-electron chi connectivity index (χ0n) is 14.8. The SMILES string of the molecule is CCCN(CCC)C1CCc2cccc(C3=CCS(C)=N3)c2C1. The molecular weight excluding hydrogens is 300 g/mol. The topological polar surface area (TPSA) is 15.6 Å². The molecule has 3 heteroatoms. The molecule has 2 unspecified atom stereocenters. The third-order valence-electron chi connectivity index (χ3n) is 5.05. The first kappa shape index (κ1) is 16.9. The van der Waals surface area contributed by atoms with Crippen LogP contribution in [0.25, 0.3) is 5.70 Å². The first-order valence-corrected chi connectivity index (χ1v) is 10.9. The van der Waals surface area contributed by atoms with Gasteiger partial charge in [0.2, 0.25) is 0 Å². The van der Waals surface area contributed by atoms with Crippen molar-refractivity contribution in [2.75, 3.05) is 25.1 Å². The van der Waals surface area contributed by atoms with Crippen LogP contribution in [0.1, 0.15) is 49.8 Å². The molecule has 0 saturated heterocycles. The molecule has 1 heterocycles. The van der Waals surface area contributed by atoms with E-state index in [0.717, 1.165) is 5.75 Å². The summed E-state index contributed by atoms with van der Waals surface area (Å²) < 4.78 is 4.88. The summed E-state index contributed by atoms with van der Waals surface area (Å²) in [7, 11) is 0.194. The smallest absolute Gasteiger partial charge is 0.0747 e. The third kappa shape index (κ3) is 3.77. The van der Waals surface area contributed by atoms with Crippen molar-refractivity contribution in [1.29, 1.82) is 0 Å². The van der Waals surface area contributed by atoms with Gasteiger partial charge < -0.3 is 4.90 Å². The maximum atomic E-state index is 4.88. The normalized spacial score (nSPS) is 23.6. The molecule has 0 radical (unpaired) electrons. The van der Waals surface area contributed by atoms with Crippen molar-refractivity contribution in [2.45, 2.75) is 52.0 Å². The summed E-state index contributed by atoms with van der Waals surface area (Å²) in [5.41, 5.74) is 5.81. The minimum absolute atomic E-state index is 0.194. The molecule has 23 heavy (non-hydrogen) atoms. The molecule has 1 aromatic rings. The lowest BCUT2D eigenvalue weighted by Crippen LogP contribution is -2.40. The molecule has 0 amide bonds. The molecule has 1 aliphatic heterocycles. The molecule has 0 saturated carbocycles. The largest absolute Gasteiger partial charge is 0.300 e. The Labute approximate surface area is 144 Å². The fourth-order valence-corrected chi connectivity index (χ4v) is 4.96. The number of nitrogens with zero attached hydrogens (tertiary/aromatic N) is 2. The van der Waals surface area contributed by atoms with Crippen LogP contribution in [-0.2, 0) is 23.5 Å². The van der Waals surface area contributed by atoms with Gasteiger partial charge in [0, 0.05) is 17.4 Å². The van der Waals surface area contributed by atoms with Crippen molar-refractivity contribution in [2.24, 2.45) is 4.36 Å². The van der Waals surface area contributed by atoms with Gasteiger partial charge in [0.1, 0.15) is 0 Å². The van der Waals surface area contributed by atoms with Crippen LogP contribution in [-0.4, -0.2) is 36.0 Å². The summed E-state index contributed by atoms with van der Waals surface area (Å²) in [4.78, 5) is 2.73. The molecule has 0 fully saturated rings. The van der Waals surface area contributed by atoms with Crippen molar-refractivity contribution in [3.8, 4) is 0 Å². The van der Waals surface area contributed by atoms with Crippen LogP contribution in [0.2, 0.25) is 0 Å². The van der Waals surface area contributed by atoms with E-state index in [-0.39, 0.29) is 10.7 Å². The maximum Gasteiger partial charge on any atom is 0.0747 e. The van der Waals surface area contributed by atoms with Gasteiger partial charge in [-0.3, -0.25) is 0 Å². The lowest BCUT2D eigenvalue weighted by Gasteiger charge is -2.35. The van der Waals surface area contributed by atoms with Crippen LogP contribution >= 0.6 is 0 Å². The highest BCUT2D eigenvalue weighted by Gasteiger charge is 2.26. The maximum absolute atomic E-state index is 4.88. The number of hydrogen-bond donors (Lipinski definition) is 0. The Bertz CT molecular complexity index is 612. The number of fused-ring (bicyclic) bond motifs is 1. The molecule has 0 aromatic heterocycles. The molecule has 0 N–H and O–H groups in total. The number of aryl methyl sites for hydroxylation is 1. The van der Waals surface area contributed by atoms with Crippen LogP contribution in [0.15, 0.2) is 28.6 Å². The Balaban J connectivity index is 1.87. The first-order chi connectivity index (χ1) is 11.2. The standard InChI is InChI=1S/C20H30N2S/c1-4-12-22(13-5-2)17-10-9-16-7-6-8-18(19(16)15-17)20-11-14-23(3)21-20/h6-8,11,17H,4-5,9-10,12-15H2,1-3H3. The van der Waals surface area contributed by atoms with E-state index >= 15 is 0 Å². The monoisotopic (exact) mass is 330 g/mol. The summed E-state index contributed by atoms with van der Waals surface area (Å²) in [6.07, 6.45) is 10.8. The predicted molar refractivity (Wildman–Crippen MR) is 103 cm³/mol. The third-order valence-corrected chi connectivity index (χ3v) is 6.20. The van der Waals surface area contributed by atoms with Crippen molar-refractivity contribution in [3.05, 3.63) is 41.0 Å². The second kappa shape index (κ2) is 7.76. The second-order valence-electron chi connectivity index (χ2n) is 6.82. The zero-order valence-corrected chi connectivity index (χ0v) is 15.7. The highest BCUT2D eigenvalue weighted by atomic mass is 32.2. The van der Waals surface area contributed by atoms with E-state index in [1.165, 1.54) is 56.5 Å². The lowest BCUT2D eigenvalue weighted by molar-refractivity contribution is 0.180. The van der Waals surface area contributed by atoms with Crippen LogP contribution in [0.4, 0.5) is 0 Å². The summed E-state index contributed by atoms with van der Waals surface area (Å²) in [6, 6.07) is 7.57. The van der Waals surface area contributed by atoms with E-state index in [2.05, 4.69) is 49.3 Å². The Kier molecular flexibility index (Phi) is 5.71. The minimum Gasteiger partial charge on any atom is -0.300 e. The summed E-state index contributed by atoms with van der Waals surface area (Å²) >= 11 is 0. The molecule has 2 aliphatic rings. The zero-order chi connectivity index (χ0) is 16.2. The molecular formula is C20H30N2S. The fraction of sp³-hybridized carbons (Fsp3) is 0.600. The molecule has 3 rings (SSSR count). The number of benzene rings is 1. The van der Waals surface area contributed by atoms with Gasteiger partial charge in [-0.25, -0.2) is 4.36 Å². The van der Waals surface area contributed by atoms with Gasteiger partial charge in [-0.2, -0.15) is 0 Å². The van der Waals surface area contributed by atoms with Gasteiger partial charge in [-0.1, -0.05) is 42.7 Å². The molecule has 2 nitrogen and oxygen atoms in total. The quantitative estimate of drug-likeness (QED) is 0.752. The molecule has 1 aromatic carbocycles. The van der Waals surface area contributed by atoms with Crippen molar-refractivity contribution < 1.29 is 0 Å². The number of hydrogen-bond acceptors (Lipinski definition) is 2. The molecule has 2 atom stereocenters. The average molecular weight is 331 g/mol. The van der Waals surface area contributed by atoms with E-state index in [1.54, 1.807) is 11.1 Å². The van der Waals surface area contributed by atoms with Crippen molar-refractivity contribution in [1.82, 2.24) is 4.90 Å². The van der Waals surface area contributed by atoms with Crippen LogP contribution in [0, 0.1) is 0 Å². The Morgan fingerprint density at radius 3 is 2.65 bits per heavy atom. The lowest BCUT2D eigenvalue weighted by atomic mass is 9.83. The van der Waals surface area contributed by atoms with E-state index < -0.39 is 0 Å². The van der Waals surface area contributed by atoms with Gasteiger partial charge >= 0.3 is 0 Å². The molecule has 126 valence electrons. The Hall–Kier alpha value is -0.930. The predicted octanol–water partition coefficient (Wildman–Crippen LogP) is 4.45. The van der Waals surface area contributed by atoms with Crippen LogP contribution < -0.4 is 0 Å². The molecule has 0 bridgehead atoms. The van der Waals surface area contributed by atoms with Gasteiger partial charge in [-0.15, -0.1) is 0 Å². The molecule has 1 aliphatic carbocycles. The van der Waals surface area contributed by atoms with E-state index in [4.69, 9.17) is 4.36 Å². The summed E-state index contributed by atoms with van der Waals surface area (Å²) in [5.74, 6) is 1.13. The fourth-order valence-electron chi connectivity index (χ4n) is 3.97. The minimum atomic E-state index is 0.194. The molecule has 0 spiro atoms. The van der Waals surface area contributed by atoms with Gasteiger partial charge in [0.15, 0.2) is 0 Å². The summed E-state index contributed by atoms with van der Waals surface area (Å²) in [6.45, 7) is 7.08. The first-order valence-electron chi connectivity index (χ1n) is 9.12. The van der Waals surface area contributed by atoms with E-state index in [0.29, 0.717) is 6.04 Å². The van der Waals surface area contributed by atoms with Crippen LogP contribution in [0.5, 0.6) is 0 Å².